The van der Waals surface area contributed by atoms with Crippen molar-refractivity contribution in [3.05, 3.63) is 105 Å². The van der Waals surface area contributed by atoms with Gasteiger partial charge >= 0.3 is 0 Å². The molecule has 1 saturated heterocycles. The molecule has 1 aliphatic carbocycles. The first kappa shape index (κ1) is 26.0. The zero-order valence-electron chi connectivity index (χ0n) is 21.6. The second-order valence-electron chi connectivity index (χ2n) is 10.2. The number of carbonyl (C=O) groups is 2. The summed E-state index contributed by atoms with van der Waals surface area (Å²) in [7, 11) is 0. The van der Waals surface area contributed by atoms with Crippen LogP contribution in [0.4, 0.5) is 10.1 Å². The molecule has 0 bridgehead atoms. The molecule has 1 aliphatic heterocycles. The predicted molar refractivity (Wildman–Crippen MR) is 151 cm³/mol. The second-order valence-corrected chi connectivity index (χ2v) is 10.6. The molecule has 2 amide bonds. The van der Waals surface area contributed by atoms with E-state index in [1.54, 1.807) is 66.0 Å². The van der Waals surface area contributed by atoms with Crippen LogP contribution in [-0.4, -0.2) is 52.4 Å². The number of benzene rings is 2. The van der Waals surface area contributed by atoms with Crippen LogP contribution in [0.2, 0.25) is 5.02 Å². The lowest BCUT2D eigenvalue weighted by atomic mass is 10.1. The number of nitrogens with one attached hydrogen (secondary N) is 1. The third-order valence-electron chi connectivity index (χ3n) is 7.47. The number of carbonyl (C=O) groups excluding carboxylic acids is 2. The smallest absolute Gasteiger partial charge is 0.257 e. The van der Waals surface area contributed by atoms with Crippen LogP contribution in [0, 0.1) is 5.82 Å². The van der Waals surface area contributed by atoms with Crippen LogP contribution in [0.25, 0.3) is 10.9 Å². The van der Waals surface area contributed by atoms with Crippen molar-refractivity contribution in [1.29, 1.82) is 0 Å². The van der Waals surface area contributed by atoms with Crippen molar-refractivity contribution >= 4 is 40.0 Å². The van der Waals surface area contributed by atoms with Crippen molar-refractivity contribution < 1.29 is 14.0 Å². The van der Waals surface area contributed by atoms with E-state index in [0.29, 0.717) is 48.0 Å². The Hall–Kier alpha value is -4.24. The van der Waals surface area contributed by atoms with Crippen LogP contribution in [-0.2, 0) is 6.54 Å². The lowest BCUT2D eigenvalue weighted by Crippen LogP contribution is -2.49. The van der Waals surface area contributed by atoms with Crippen molar-refractivity contribution in [3.63, 3.8) is 0 Å². The van der Waals surface area contributed by atoms with Gasteiger partial charge in [-0.05, 0) is 60.9 Å². The van der Waals surface area contributed by atoms with Gasteiger partial charge in [0.15, 0.2) is 0 Å². The van der Waals surface area contributed by atoms with E-state index < -0.39 is 17.2 Å². The molecule has 1 N–H and O–H groups in total. The van der Waals surface area contributed by atoms with Gasteiger partial charge in [-0.15, -0.1) is 0 Å². The maximum Gasteiger partial charge on any atom is 0.257 e. The zero-order valence-corrected chi connectivity index (χ0v) is 22.4. The van der Waals surface area contributed by atoms with E-state index in [0.717, 1.165) is 18.4 Å². The molecule has 10 heteroatoms. The monoisotopic (exact) mass is 559 g/mol. The van der Waals surface area contributed by atoms with Gasteiger partial charge in [0.1, 0.15) is 11.4 Å². The highest BCUT2D eigenvalue weighted by molar-refractivity contribution is 6.31. The first-order valence-electron chi connectivity index (χ1n) is 13.2. The minimum absolute atomic E-state index is 0.00579. The predicted octanol–water partition coefficient (Wildman–Crippen LogP) is 4.42. The Bertz CT molecular complexity index is 1660. The normalized spacial score (nSPS) is 15.3. The van der Waals surface area contributed by atoms with E-state index in [-0.39, 0.29) is 29.4 Å². The Morgan fingerprint density at radius 1 is 1.02 bits per heavy atom. The fourth-order valence-corrected chi connectivity index (χ4v) is 5.34. The molecular formula is C30H27ClFN5O3. The summed E-state index contributed by atoms with van der Waals surface area (Å²) < 4.78 is 17.4. The van der Waals surface area contributed by atoms with Gasteiger partial charge in [-0.2, -0.15) is 0 Å². The third-order valence-corrected chi connectivity index (χ3v) is 7.70. The van der Waals surface area contributed by atoms with E-state index >= 15 is 4.39 Å². The van der Waals surface area contributed by atoms with Crippen molar-refractivity contribution in [3.8, 4) is 0 Å². The minimum Gasteiger partial charge on any atom is -0.366 e. The first-order chi connectivity index (χ1) is 19.4. The van der Waals surface area contributed by atoms with Crippen molar-refractivity contribution in [2.24, 2.45) is 0 Å². The summed E-state index contributed by atoms with van der Waals surface area (Å²) in [5.74, 6) is -1.14. The van der Waals surface area contributed by atoms with Gasteiger partial charge in [0.05, 0.1) is 11.2 Å². The lowest BCUT2D eigenvalue weighted by molar-refractivity contribution is 0.0746. The number of anilines is 1. The molecule has 0 radical (unpaired) electrons. The largest absolute Gasteiger partial charge is 0.366 e. The number of rotatable bonds is 6. The average Bonchev–Trinajstić information content (AvgIpc) is 3.82. The molecule has 4 aromatic rings. The van der Waals surface area contributed by atoms with Gasteiger partial charge in [-0.25, -0.2) is 4.39 Å². The summed E-state index contributed by atoms with van der Waals surface area (Å²) in [6.07, 6.45) is 6.72. The molecule has 40 heavy (non-hydrogen) atoms. The summed E-state index contributed by atoms with van der Waals surface area (Å²) >= 11 is 6.05. The van der Waals surface area contributed by atoms with E-state index in [2.05, 4.69) is 10.3 Å². The molecular weight excluding hydrogens is 533 g/mol. The van der Waals surface area contributed by atoms with Crippen molar-refractivity contribution in [2.75, 3.05) is 31.1 Å². The average molecular weight is 560 g/mol. The molecule has 6 rings (SSSR count). The molecule has 2 aromatic carbocycles. The van der Waals surface area contributed by atoms with Gasteiger partial charge in [-0.1, -0.05) is 17.7 Å². The highest BCUT2D eigenvalue weighted by Crippen LogP contribution is 2.38. The number of aromatic nitrogens is 2. The second kappa shape index (κ2) is 10.7. The third kappa shape index (κ3) is 5.16. The molecule has 1 saturated carbocycles. The van der Waals surface area contributed by atoms with Crippen molar-refractivity contribution in [2.45, 2.75) is 25.4 Å². The number of hydrogen-bond donors (Lipinski definition) is 1. The molecule has 2 aromatic heterocycles. The standard InChI is InChI=1S/C30H27ClFN5O3/c31-21-3-1-2-20(14-21)30(40)36-12-10-35(11-13-36)27-16-26-23(15-25(27)32)28(38)24(18-37(26)22-4-5-22)29(39)34-17-19-6-8-33-9-7-19/h1-3,6-9,14-16,18,22H,4-5,10-13,17H2,(H,34,39). The van der Waals surface area contributed by atoms with Crippen LogP contribution in [0.15, 0.2) is 71.9 Å². The van der Waals surface area contributed by atoms with E-state index in [1.807, 2.05) is 9.47 Å². The number of nitrogens with zero attached hydrogens (tertiary/aromatic N) is 4. The summed E-state index contributed by atoms with van der Waals surface area (Å²) in [6.45, 7) is 1.99. The van der Waals surface area contributed by atoms with Gasteiger partial charge in [-0.3, -0.25) is 19.4 Å². The zero-order chi connectivity index (χ0) is 27.8. The number of amides is 2. The summed E-state index contributed by atoms with van der Waals surface area (Å²) in [6, 6.07) is 13.5. The van der Waals surface area contributed by atoms with Gasteiger partial charge in [0, 0.05) is 73.3 Å². The number of piperazine rings is 1. The topological polar surface area (TPSA) is 87.5 Å². The molecule has 2 fully saturated rings. The maximum atomic E-state index is 15.5. The SMILES string of the molecule is O=C(NCc1ccncc1)c1cn(C2CC2)c2cc(N3CCN(C(=O)c4cccc(Cl)c4)CC3)c(F)cc2c1=O. The molecule has 0 unspecified atom stereocenters. The minimum atomic E-state index is -0.532. The molecule has 2 aliphatic rings. The fraction of sp³-hybridized carbons (Fsp3) is 0.267. The fourth-order valence-electron chi connectivity index (χ4n) is 5.15. The number of pyridine rings is 2. The Balaban J connectivity index is 1.25. The Morgan fingerprint density at radius 2 is 1.77 bits per heavy atom. The van der Waals surface area contributed by atoms with Crippen LogP contribution < -0.4 is 15.6 Å². The lowest BCUT2D eigenvalue weighted by Gasteiger charge is -2.36. The summed E-state index contributed by atoms with van der Waals surface area (Å²) in [5, 5.41) is 3.47. The highest BCUT2D eigenvalue weighted by atomic mass is 35.5. The highest BCUT2D eigenvalue weighted by Gasteiger charge is 2.29. The Labute approximate surface area is 235 Å². The van der Waals surface area contributed by atoms with Gasteiger partial charge < -0.3 is 19.7 Å². The molecule has 0 spiro atoms. The summed E-state index contributed by atoms with van der Waals surface area (Å²) in [5.41, 5.74) is 1.86. The van der Waals surface area contributed by atoms with Crippen molar-refractivity contribution in [1.82, 2.24) is 19.8 Å². The van der Waals surface area contributed by atoms with Gasteiger partial charge in [0.25, 0.3) is 11.8 Å². The van der Waals surface area contributed by atoms with E-state index in [1.165, 1.54) is 6.07 Å². The van der Waals surface area contributed by atoms with Crippen LogP contribution in [0.5, 0.6) is 0 Å². The molecule has 204 valence electrons. The number of halogens is 2. The molecule has 3 heterocycles. The molecule has 0 atom stereocenters. The number of fused-ring (bicyclic) bond motifs is 1. The van der Waals surface area contributed by atoms with Crippen LogP contribution in [0.1, 0.15) is 45.2 Å². The summed E-state index contributed by atoms with van der Waals surface area (Å²) in [4.78, 5) is 46.9. The Morgan fingerprint density at radius 3 is 2.48 bits per heavy atom. The van der Waals surface area contributed by atoms with Gasteiger partial charge in [0.2, 0.25) is 5.43 Å². The maximum absolute atomic E-state index is 15.5. The van der Waals surface area contributed by atoms with E-state index in [4.69, 9.17) is 11.6 Å². The number of hydrogen-bond acceptors (Lipinski definition) is 5. The quantitative estimate of drug-likeness (QED) is 0.378. The first-order valence-corrected chi connectivity index (χ1v) is 13.6. The van der Waals surface area contributed by atoms with E-state index in [9.17, 15) is 14.4 Å². The Kier molecular flexibility index (Phi) is 6.98. The van der Waals surface area contributed by atoms with Crippen LogP contribution >= 0.6 is 11.6 Å². The van der Waals surface area contributed by atoms with Crippen LogP contribution in [0.3, 0.4) is 0 Å². The molecule has 8 nitrogen and oxygen atoms in total.